The van der Waals surface area contributed by atoms with Crippen molar-refractivity contribution in [2.75, 3.05) is 6.61 Å². The van der Waals surface area contributed by atoms with Crippen molar-refractivity contribution in [3.8, 4) is 6.07 Å². The molecule has 0 unspecified atom stereocenters. The molecule has 90 valence electrons. The zero-order valence-electron chi connectivity index (χ0n) is 9.74. The Labute approximate surface area is 110 Å². The number of carbonyl (C=O) groups excluding carboxylic acids is 1. The number of hydrogen-bond donors (Lipinski definition) is 0. The van der Waals surface area contributed by atoms with E-state index < -0.39 is 5.97 Å². The van der Waals surface area contributed by atoms with Gasteiger partial charge in [0.25, 0.3) is 0 Å². The number of rotatable bonds is 2. The molecule has 2 rings (SSSR count). The minimum absolute atomic E-state index is 0.295. The van der Waals surface area contributed by atoms with Gasteiger partial charge in [-0.25, -0.2) is 4.79 Å². The van der Waals surface area contributed by atoms with Crippen molar-refractivity contribution < 1.29 is 9.53 Å². The van der Waals surface area contributed by atoms with Gasteiger partial charge in [0.05, 0.1) is 28.8 Å². The van der Waals surface area contributed by atoms with Crippen molar-refractivity contribution in [2.45, 2.75) is 6.92 Å². The van der Waals surface area contributed by atoms with Crippen LogP contribution in [0.25, 0.3) is 10.8 Å². The van der Waals surface area contributed by atoms with Gasteiger partial charge in [-0.2, -0.15) is 5.26 Å². The van der Waals surface area contributed by atoms with Gasteiger partial charge in [-0.1, -0.05) is 23.7 Å². The second kappa shape index (κ2) is 5.07. The van der Waals surface area contributed by atoms with E-state index in [1.54, 1.807) is 31.2 Å². The molecule has 0 N–H and O–H groups in total. The Hall–Kier alpha value is -2.05. The maximum Gasteiger partial charge on any atom is 0.339 e. The fraction of sp³-hybridized carbons (Fsp3) is 0.143. The van der Waals surface area contributed by atoms with Gasteiger partial charge >= 0.3 is 5.97 Å². The van der Waals surface area contributed by atoms with Crippen molar-refractivity contribution >= 4 is 28.3 Å². The number of hydrogen-bond acceptors (Lipinski definition) is 3. The van der Waals surface area contributed by atoms with Crippen LogP contribution >= 0.6 is 11.6 Å². The van der Waals surface area contributed by atoms with Crippen molar-refractivity contribution in [2.24, 2.45) is 0 Å². The molecule has 0 aliphatic carbocycles. The third kappa shape index (κ3) is 2.15. The number of esters is 1. The van der Waals surface area contributed by atoms with Gasteiger partial charge in [-0.05, 0) is 30.5 Å². The van der Waals surface area contributed by atoms with Crippen LogP contribution in [-0.4, -0.2) is 12.6 Å². The molecule has 0 atom stereocenters. The standard InChI is InChI=1S/C14H10ClNO2/c1-2-18-14(17)12-6-9-4-3-5-10(8-16)11(9)7-13(12)15/h3-7H,2H2,1H3. The summed E-state index contributed by atoms with van der Waals surface area (Å²) in [5.74, 6) is -0.452. The zero-order chi connectivity index (χ0) is 13.1. The first-order valence-electron chi connectivity index (χ1n) is 5.47. The summed E-state index contributed by atoms with van der Waals surface area (Å²) < 4.78 is 4.93. The fourth-order valence-corrected chi connectivity index (χ4v) is 2.00. The molecule has 0 radical (unpaired) electrons. The summed E-state index contributed by atoms with van der Waals surface area (Å²) in [5, 5.41) is 10.8. The summed E-state index contributed by atoms with van der Waals surface area (Å²) in [7, 11) is 0. The van der Waals surface area contributed by atoms with Gasteiger partial charge in [0.1, 0.15) is 0 Å². The van der Waals surface area contributed by atoms with Gasteiger partial charge < -0.3 is 4.74 Å². The van der Waals surface area contributed by atoms with E-state index in [1.807, 2.05) is 6.07 Å². The van der Waals surface area contributed by atoms with Crippen LogP contribution < -0.4 is 0 Å². The van der Waals surface area contributed by atoms with Crippen LogP contribution in [0, 0.1) is 11.3 Å². The SMILES string of the molecule is CCOC(=O)c1cc2cccc(C#N)c2cc1Cl. The van der Waals surface area contributed by atoms with Crippen molar-refractivity contribution in [1.82, 2.24) is 0 Å². The largest absolute Gasteiger partial charge is 0.462 e. The maximum absolute atomic E-state index is 11.7. The molecule has 0 aliphatic heterocycles. The molecule has 3 nitrogen and oxygen atoms in total. The molecule has 0 saturated carbocycles. The molecule has 0 aliphatic rings. The van der Waals surface area contributed by atoms with Crippen LogP contribution in [0.1, 0.15) is 22.8 Å². The highest BCUT2D eigenvalue weighted by atomic mass is 35.5. The molecule has 0 saturated heterocycles. The minimum Gasteiger partial charge on any atom is -0.462 e. The number of ether oxygens (including phenoxy) is 1. The Bertz CT molecular complexity index is 659. The van der Waals surface area contributed by atoms with E-state index >= 15 is 0 Å². The topological polar surface area (TPSA) is 50.1 Å². The zero-order valence-corrected chi connectivity index (χ0v) is 10.5. The second-order valence-corrected chi connectivity index (χ2v) is 4.10. The monoisotopic (exact) mass is 259 g/mol. The molecule has 0 spiro atoms. The Morgan fingerprint density at radius 2 is 2.22 bits per heavy atom. The van der Waals surface area contributed by atoms with Crippen LogP contribution in [0.5, 0.6) is 0 Å². The van der Waals surface area contributed by atoms with E-state index in [4.69, 9.17) is 21.6 Å². The summed E-state index contributed by atoms with van der Waals surface area (Å²) >= 11 is 6.05. The Morgan fingerprint density at radius 1 is 1.44 bits per heavy atom. The Kier molecular flexibility index (Phi) is 3.50. The Balaban J connectivity index is 2.64. The normalized spacial score (nSPS) is 10.1. The lowest BCUT2D eigenvalue weighted by Gasteiger charge is -2.07. The number of carbonyl (C=O) groups is 1. The molecule has 18 heavy (non-hydrogen) atoms. The van der Waals surface area contributed by atoms with E-state index in [2.05, 4.69) is 6.07 Å². The van der Waals surface area contributed by atoms with Crippen molar-refractivity contribution in [1.29, 1.82) is 5.26 Å². The molecule has 0 aromatic heterocycles. The lowest BCUT2D eigenvalue weighted by atomic mass is 10.0. The predicted molar refractivity (Wildman–Crippen MR) is 69.6 cm³/mol. The molecule has 0 bridgehead atoms. The number of nitriles is 1. The second-order valence-electron chi connectivity index (χ2n) is 3.69. The predicted octanol–water partition coefficient (Wildman–Crippen LogP) is 3.54. The average molecular weight is 260 g/mol. The molecule has 4 heteroatoms. The van der Waals surface area contributed by atoms with Crippen LogP contribution in [0.2, 0.25) is 5.02 Å². The third-order valence-electron chi connectivity index (χ3n) is 2.58. The Morgan fingerprint density at radius 3 is 2.89 bits per heavy atom. The lowest BCUT2D eigenvalue weighted by Crippen LogP contribution is -2.05. The van der Waals surface area contributed by atoms with Gasteiger partial charge in [0, 0.05) is 5.39 Å². The number of benzene rings is 2. The highest BCUT2D eigenvalue weighted by Crippen LogP contribution is 2.26. The first kappa shape index (κ1) is 12.4. The fourth-order valence-electron chi connectivity index (χ4n) is 1.76. The number of halogens is 1. The highest BCUT2D eigenvalue weighted by Gasteiger charge is 2.13. The van der Waals surface area contributed by atoms with E-state index in [1.165, 1.54) is 0 Å². The smallest absolute Gasteiger partial charge is 0.339 e. The number of nitrogens with zero attached hydrogens (tertiary/aromatic N) is 1. The maximum atomic E-state index is 11.7. The number of fused-ring (bicyclic) bond motifs is 1. The van der Waals surface area contributed by atoms with E-state index in [0.717, 1.165) is 10.8 Å². The molecule has 2 aromatic rings. The average Bonchev–Trinajstić information content (AvgIpc) is 2.37. The first-order valence-corrected chi connectivity index (χ1v) is 5.84. The van der Waals surface area contributed by atoms with Gasteiger partial charge in [-0.3, -0.25) is 0 Å². The minimum atomic E-state index is -0.452. The van der Waals surface area contributed by atoms with Gasteiger partial charge in [0.15, 0.2) is 0 Å². The molecular formula is C14H10ClNO2. The summed E-state index contributed by atoms with van der Waals surface area (Å²) in [6, 6.07) is 10.7. The molecule has 0 fully saturated rings. The van der Waals surface area contributed by atoms with Crippen LogP contribution in [0.15, 0.2) is 30.3 Å². The molecule has 0 heterocycles. The van der Waals surface area contributed by atoms with Crippen LogP contribution in [0.3, 0.4) is 0 Å². The van der Waals surface area contributed by atoms with Gasteiger partial charge in [-0.15, -0.1) is 0 Å². The first-order chi connectivity index (χ1) is 8.67. The summed E-state index contributed by atoms with van der Waals surface area (Å²) in [6.07, 6.45) is 0. The van der Waals surface area contributed by atoms with Crippen LogP contribution in [-0.2, 0) is 4.74 Å². The van der Waals surface area contributed by atoms with Crippen LogP contribution in [0.4, 0.5) is 0 Å². The lowest BCUT2D eigenvalue weighted by molar-refractivity contribution is 0.0527. The van der Waals surface area contributed by atoms with E-state index in [-0.39, 0.29) is 0 Å². The third-order valence-corrected chi connectivity index (χ3v) is 2.90. The van der Waals surface area contributed by atoms with Crippen molar-refractivity contribution in [3.05, 3.63) is 46.5 Å². The summed E-state index contributed by atoms with van der Waals surface area (Å²) in [6.45, 7) is 2.03. The summed E-state index contributed by atoms with van der Waals surface area (Å²) in [5.41, 5.74) is 0.853. The molecule has 2 aromatic carbocycles. The molecular weight excluding hydrogens is 250 g/mol. The molecule has 0 amide bonds. The summed E-state index contributed by atoms with van der Waals surface area (Å²) in [4.78, 5) is 11.7. The quantitative estimate of drug-likeness (QED) is 0.775. The van der Waals surface area contributed by atoms with Gasteiger partial charge in [0.2, 0.25) is 0 Å². The van der Waals surface area contributed by atoms with E-state index in [0.29, 0.717) is 22.8 Å². The highest BCUT2D eigenvalue weighted by molar-refractivity contribution is 6.34. The van der Waals surface area contributed by atoms with E-state index in [9.17, 15) is 4.79 Å². The van der Waals surface area contributed by atoms with Crippen molar-refractivity contribution in [3.63, 3.8) is 0 Å².